The van der Waals surface area contributed by atoms with Crippen molar-refractivity contribution in [3.63, 3.8) is 0 Å². The average molecular weight is 242 g/mol. The highest BCUT2D eigenvalue weighted by molar-refractivity contribution is 7.69. The highest BCUT2D eigenvalue weighted by Gasteiger charge is 2.12. The first-order chi connectivity index (χ1) is 8.35. The van der Waals surface area contributed by atoms with Gasteiger partial charge in [0, 0.05) is 10.6 Å². The maximum atomic E-state index is 5.69. The van der Waals surface area contributed by atoms with Gasteiger partial charge in [0.1, 0.15) is 0 Å². The highest BCUT2D eigenvalue weighted by Crippen LogP contribution is 2.33. The van der Waals surface area contributed by atoms with Crippen LogP contribution in [0.15, 0.2) is 54.6 Å². The molecule has 2 rings (SSSR count). The molecule has 86 valence electrons. The van der Waals surface area contributed by atoms with Gasteiger partial charge in [0.05, 0.1) is 8.15 Å². The molecule has 0 saturated carbocycles. The Labute approximate surface area is 105 Å². The van der Waals surface area contributed by atoms with Crippen molar-refractivity contribution in [1.82, 2.24) is 0 Å². The zero-order chi connectivity index (χ0) is 12.1. The van der Waals surface area contributed by atoms with Crippen molar-refractivity contribution in [3.05, 3.63) is 60.2 Å². The molecule has 0 aliphatic carbocycles. The SMILES string of the molecule is BO[P@](c1ccccc1)c1cccc(CC)c1. The van der Waals surface area contributed by atoms with Crippen molar-refractivity contribution >= 4 is 26.8 Å². The van der Waals surface area contributed by atoms with Gasteiger partial charge in [0.2, 0.25) is 0 Å². The van der Waals surface area contributed by atoms with E-state index in [1.54, 1.807) is 8.05 Å². The van der Waals surface area contributed by atoms with E-state index in [1.807, 2.05) is 6.07 Å². The van der Waals surface area contributed by atoms with E-state index in [0.29, 0.717) is 0 Å². The first-order valence-electron chi connectivity index (χ1n) is 5.83. The summed E-state index contributed by atoms with van der Waals surface area (Å²) in [7, 11) is 1.12. The Morgan fingerprint density at radius 1 is 1.00 bits per heavy atom. The molecule has 0 aliphatic heterocycles. The van der Waals surface area contributed by atoms with Crippen LogP contribution >= 0.6 is 8.15 Å². The molecule has 0 aromatic heterocycles. The molecule has 3 heteroatoms. The number of hydrogen-bond acceptors (Lipinski definition) is 1. The molecule has 0 amide bonds. The van der Waals surface area contributed by atoms with Crippen LogP contribution in [0.4, 0.5) is 0 Å². The van der Waals surface area contributed by atoms with Crippen LogP contribution in [-0.4, -0.2) is 8.05 Å². The van der Waals surface area contributed by atoms with Crippen molar-refractivity contribution in [2.45, 2.75) is 13.3 Å². The number of aryl methyl sites for hydroxylation is 1. The lowest BCUT2D eigenvalue weighted by atomic mass is 10.2. The largest absolute Gasteiger partial charge is 0.417 e. The Kier molecular flexibility index (Phi) is 4.36. The standard InChI is InChI=1S/C14H16BOP/c1-2-12-7-6-10-14(11-12)17(16-15)13-8-4-3-5-9-13/h3-11H,2,15H2,1H3/t17-/m1/s1. The summed E-state index contributed by atoms with van der Waals surface area (Å²) < 4.78 is 5.69. The summed E-state index contributed by atoms with van der Waals surface area (Å²) in [5.74, 6) is 0. The molecule has 2 aromatic carbocycles. The van der Waals surface area contributed by atoms with Gasteiger partial charge in [-0.2, -0.15) is 0 Å². The minimum Gasteiger partial charge on any atom is -0.417 e. The Morgan fingerprint density at radius 2 is 1.71 bits per heavy atom. The van der Waals surface area contributed by atoms with Crippen LogP contribution in [0.5, 0.6) is 0 Å². The third kappa shape index (κ3) is 2.97. The van der Waals surface area contributed by atoms with Gasteiger partial charge < -0.3 is 4.44 Å². The van der Waals surface area contributed by atoms with Gasteiger partial charge in [-0.25, -0.2) is 0 Å². The van der Waals surface area contributed by atoms with E-state index in [9.17, 15) is 0 Å². The predicted octanol–water partition coefficient (Wildman–Crippen LogP) is 2.16. The molecule has 0 saturated heterocycles. The molecule has 0 unspecified atom stereocenters. The van der Waals surface area contributed by atoms with E-state index in [2.05, 4.69) is 55.5 Å². The van der Waals surface area contributed by atoms with Crippen molar-refractivity contribution in [2.24, 2.45) is 0 Å². The van der Waals surface area contributed by atoms with E-state index in [1.165, 1.54) is 16.2 Å². The summed E-state index contributed by atoms with van der Waals surface area (Å²) in [4.78, 5) is 0. The van der Waals surface area contributed by atoms with E-state index in [-0.39, 0.29) is 0 Å². The molecule has 0 radical (unpaired) electrons. The van der Waals surface area contributed by atoms with Crippen LogP contribution in [0.3, 0.4) is 0 Å². The first-order valence-corrected chi connectivity index (χ1v) is 7.09. The first kappa shape index (κ1) is 12.4. The summed E-state index contributed by atoms with van der Waals surface area (Å²) in [5, 5.41) is 2.55. The monoisotopic (exact) mass is 242 g/mol. The van der Waals surface area contributed by atoms with Gasteiger partial charge in [0.15, 0.2) is 0 Å². The number of benzene rings is 2. The molecular formula is C14H16BOP. The zero-order valence-corrected chi connectivity index (χ0v) is 11.2. The lowest BCUT2D eigenvalue weighted by Gasteiger charge is -2.17. The van der Waals surface area contributed by atoms with Gasteiger partial charge in [-0.1, -0.05) is 55.5 Å². The molecule has 0 bridgehead atoms. The van der Waals surface area contributed by atoms with E-state index < -0.39 is 8.15 Å². The number of rotatable bonds is 4. The van der Waals surface area contributed by atoms with Gasteiger partial charge >= 0.3 is 0 Å². The molecule has 1 atom stereocenters. The van der Waals surface area contributed by atoms with Crippen LogP contribution in [0.2, 0.25) is 0 Å². The van der Waals surface area contributed by atoms with Crippen molar-refractivity contribution in [3.8, 4) is 0 Å². The maximum absolute atomic E-state index is 5.69. The van der Waals surface area contributed by atoms with Crippen LogP contribution in [0.1, 0.15) is 12.5 Å². The second-order valence-corrected chi connectivity index (χ2v) is 5.82. The summed E-state index contributed by atoms with van der Waals surface area (Å²) in [5.41, 5.74) is 1.36. The Balaban J connectivity index is 2.35. The zero-order valence-electron chi connectivity index (χ0n) is 10.3. The van der Waals surface area contributed by atoms with Gasteiger partial charge in [-0.05, 0) is 18.1 Å². The summed E-state index contributed by atoms with van der Waals surface area (Å²) in [6.45, 7) is 2.18. The van der Waals surface area contributed by atoms with E-state index in [4.69, 9.17) is 4.44 Å². The lowest BCUT2D eigenvalue weighted by Crippen LogP contribution is -2.13. The fourth-order valence-corrected chi connectivity index (χ4v) is 3.49. The maximum Gasteiger partial charge on any atom is 0.263 e. The molecule has 0 aliphatic rings. The number of hydrogen-bond donors (Lipinski definition) is 0. The van der Waals surface area contributed by atoms with E-state index in [0.717, 1.165) is 6.42 Å². The quantitative estimate of drug-likeness (QED) is 0.589. The molecular weight excluding hydrogens is 226 g/mol. The molecule has 1 nitrogen and oxygen atoms in total. The summed E-state index contributed by atoms with van der Waals surface area (Å²) >= 11 is 0. The Hall–Kier alpha value is -1.11. The summed E-state index contributed by atoms with van der Waals surface area (Å²) in [6, 6.07) is 19.1. The fraction of sp³-hybridized carbons (Fsp3) is 0.143. The average Bonchev–Trinajstić information content (AvgIpc) is 2.41. The van der Waals surface area contributed by atoms with Crippen LogP contribution in [0, 0.1) is 0 Å². The smallest absolute Gasteiger partial charge is 0.263 e. The second kappa shape index (κ2) is 6.00. The van der Waals surface area contributed by atoms with Crippen LogP contribution in [0.25, 0.3) is 0 Å². The molecule has 2 aromatic rings. The van der Waals surface area contributed by atoms with E-state index >= 15 is 0 Å². The minimum atomic E-state index is -0.671. The molecule has 0 N–H and O–H groups in total. The van der Waals surface area contributed by atoms with Crippen molar-refractivity contribution in [1.29, 1.82) is 0 Å². The molecule has 0 spiro atoms. The predicted molar refractivity (Wildman–Crippen MR) is 78.1 cm³/mol. The van der Waals surface area contributed by atoms with Gasteiger partial charge in [-0.15, -0.1) is 0 Å². The normalized spacial score (nSPS) is 12.3. The van der Waals surface area contributed by atoms with Crippen LogP contribution in [-0.2, 0) is 10.9 Å². The third-order valence-electron chi connectivity index (χ3n) is 2.73. The fourth-order valence-electron chi connectivity index (χ4n) is 1.83. The summed E-state index contributed by atoms with van der Waals surface area (Å²) in [6.07, 6.45) is 1.06. The topological polar surface area (TPSA) is 9.23 Å². The Morgan fingerprint density at radius 3 is 2.35 bits per heavy atom. The highest BCUT2D eigenvalue weighted by atomic mass is 31.1. The van der Waals surface area contributed by atoms with Crippen molar-refractivity contribution in [2.75, 3.05) is 0 Å². The third-order valence-corrected chi connectivity index (χ3v) is 4.61. The van der Waals surface area contributed by atoms with Crippen molar-refractivity contribution < 1.29 is 4.44 Å². The second-order valence-electron chi connectivity index (χ2n) is 3.84. The molecule has 17 heavy (non-hydrogen) atoms. The Bertz CT molecular complexity index is 473. The van der Waals surface area contributed by atoms with Gasteiger partial charge in [-0.3, -0.25) is 0 Å². The lowest BCUT2D eigenvalue weighted by molar-refractivity contribution is 0.705. The van der Waals surface area contributed by atoms with Gasteiger partial charge in [0.25, 0.3) is 8.05 Å². The molecule has 0 heterocycles. The minimum absolute atomic E-state index is 0.671. The molecule has 0 fully saturated rings. The van der Waals surface area contributed by atoms with Crippen LogP contribution < -0.4 is 10.6 Å².